The minimum absolute atomic E-state index is 0.237. The van der Waals surface area contributed by atoms with Gasteiger partial charge in [-0.2, -0.15) is 0 Å². The SMILES string of the molecule is CCOC(=O)C(NC(C)=O)[CH](c1ccccc1)[Sn]([c]1ccccc1)([c]1ccccc1)[c]1ccccc1. The van der Waals surface area contributed by atoms with E-state index in [0.29, 0.717) is 0 Å². The van der Waals surface area contributed by atoms with Crippen LogP contribution in [-0.2, 0) is 14.3 Å². The van der Waals surface area contributed by atoms with Crippen molar-refractivity contribution in [1.29, 1.82) is 0 Å². The van der Waals surface area contributed by atoms with Crippen LogP contribution in [0.4, 0.5) is 0 Å². The van der Waals surface area contributed by atoms with Gasteiger partial charge in [-0.25, -0.2) is 0 Å². The molecule has 0 fully saturated rings. The first-order valence-corrected chi connectivity index (χ1v) is 18.2. The van der Waals surface area contributed by atoms with Gasteiger partial charge in [-0.1, -0.05) is 0 Å². The fraction of sp³-hybridized carbons (Fsp3) is 0.161. The Bertz CT molecular complexity index is 1170. The van der Waals surface area contributed by atoms with Gasteiger partial charge in [-0.05, 0) is 0 Å². The van der Waals surface area contributed by atoms with E-state index < -0.39 is 30.4 Å². The molecule has 0 saturated heterocycles. The van der Waals surface area contributed by atoms with Crippen molar-refractivity contribution in [2.45, 2.75) is 23.8 Å². The molecule has 0 aliphatic rings. The molecule has 4 rings (SSSR count). The summed E-state index contributed by atoms with van der Waals surface area (Å²) in [5, 5.41) is 3.02. The molecule has 0 radical (unpaired) electrons. The van der Waals surface area contributed by atoms with Gasteiger partial charge in [0.15, 0.2) is 0 Å². The summed E-state index contributed by atoms with van der Waals surface area (Å²) in [6.07, 6.45) is 0. The van der Waals surface area contributed by atoms with Gasteiger partial charge in [0.05, 0.1) is 0 Å². The van der Waals surface area contributed by atoms with Crippen LogP contribution in [0.5, 0.6) is 0 Å². The van der Waals surface area contributed by atoms with Gasteiger partial charge in [0.1, 0.15) is 0 Å². The Hall–Kier alpha value is -3.38. The molecule has 0 aliphatic carbocycles. The molecular formula is C31H31NO3Sn. The second-order valence-electron chi connectivity index (χ2n) is 8.72. The van der Waals surface area contributed by atoms with Gasteiger partial charge in [-0.3, -0.25) is 0 Å². The number of rotatable bonds is 9. The van der Waals surface area contributed by atoms with E-state index in [1.165, 1.54) is 17.7 Å². The predicted octanol–water partition coefficient (Wildman–Crippen LogP) is 3.55. The number of hydrogen-bond acceptors (Lipinski definition) is 3. The van der Waals surface area contributed by atoms with Crippen LogP contribution in [-0.4, -0.2) is 42.9 Å². The molecule has 0 aliphatic heterocycles. The van der Waals surface area contributed by atoms with E-state index in [4.69, 9.17) is 4.74 Å². The van der Waals surface area contributed by atoms with Crippen molar-refractivity contribution in [3.8, 4) is 0 Å². The van der Waals surface area contributed by atoms with Crippen molar-refractivity contribution in [3.63, 3.8) is 0 Å². The number of hydrogen-bond donors (Lipinski definition) is 1. The molecule has 0 saturated carbocycles. The zero-order valence-electron chi connectivity index (χ0n) is 20.6. The summed E-state index contributed by atoms with van der Waals surface area (Å²) in [6, 6.07) is 40.8. The number of ether oxygens (including phenoxy) is 1. The molecule has 2 unspecified atom stereocenters. The van der Waals surface area contributed by atoms with Crippen molar-refractivity contribution >= 4 is 41.0 Å². The van der Waals surface area contributed by atoms with Gasteiger partial charge >= 0.3 is 218 Å². The maximum atomic E-state index is 13.6. The van der Waals surface area contributed by atoms with E-state index in [-0.39, 0.29) is 16.4 Å². The van der Waals surface area contributed by atoms with Crippen molar-refractivity contribution in [2.24, 2.45) is 0 Å². The average molecular weight is 584 g/mol. The van der Waals surface area contributed by atoms with Gasteiger partial charge in [-0.15, -0.1) is 0 Å². The topological polar surface area (TPSA) is 55.4 Å². The van der Waals surface area contributed by atoms with Gasteiger partial charge < -0.3 is 0 Å². The maximum absolute atomic E-state index is 13.6. The second-order valence-corrected chi connectivity index (χ2v) is 20.1. The Balaban J connectivity index is 2.16. The van der Waals surface area contributed by atoms with E-state index in [1.807, 2.05) is 36.4 Å². The first-order valence-electron chi connectivity index (χ1n) is 12.2. The van der Waals surface area contributed by atoms with E-state index in [2.05, 4.69) is 90.2 Å². The van der Waals surface area contributed by atoms with Crippen LogP contribution in [0.2, 0.25) is 0 Å². The molecule has 36 heavy (non-hydrogen) atoms. The molecule has 182 valence electrons. The summed E-state index contributed by atoms with van der Waals surface area (Å²) in [6.45, 7) is 3.49. The molecule has 5 heteroatoms. The summed E-state index contributed by atoms with van der Waals surface area (Å²) in [4.78, 5) is 26.2. The molecule has 0 spiro atoms. The number of amides is 1. The zero-order chi connectivity index (χ0) is 25.4. The van der Waals surface area contributed by atoms with E-state index in [0.717, 1.165) is 5.56 Å². The Morgan fingerprint density at radius 1 is 0.694 bits per heavy atom. The zero-order valence-corrected chi connectivity index (χ0v) is 23.5. The van der Waals surface area contributed by atoms with E-state index in [1.54, 1.807) is 6.92 Å². The first-order chi connectivity index (χ1) is 17.6. The van der Waals surface area contributed by atoms with Gasteiger partial charge in [0, 0.05) is 0 Å². The van der Waals surface area contributed by atoms with Crippen LogP contribution in [0.25, 0.3) is 0 Å². The van der Waals surface area contributed by atoms with Crippen LogP contribution in [0.3, 0.4) is 0 Å². The third kappa shape index (κ3) is 5.24. The summed E-state index contributed by atoms with van der Waals surface area (Å²) < 4.78 is 8.94. The van der Waals surface area contributed by atoms with E-state index >= 15 is 0 Å². The van der Waals surface area contributed by atoms with Crippen molar-refractivity contribution in [1.82, 2.24) is 5.32 Å². The monoisotopic (exact) mass is 585 g/mol. The molecule has 0 heterocycles. The van der Waals surface area contributed by atoms with Crippen LogP contribution < -0.4 is 16.1 Å². The predicted molar refractivity (Wildman–Crippen MR) is 147 cm³/mol. The Labute approximate surface area is 217 Å². The van der Waals surface area contributed by atoms with Gasteiger partial charge in [0.2, 0.25) is 0 Å². The third-order valence-corrected chi connectivity index (χ3v) is 21.8. The normalized spacial score (nSPS) is 12.8. The van der Waals surface area contributed by atoms with Gasteiger partial charge in [0.25, 0.3) is 0 Å². The van der Waals surface area contributed by atoms with E-state index in [9.17, 15) is 9.59 Å². The number of benzene rings is 4. The Morgan fingerprint density at radius 3 is 1.44 bits per heavy atom. The van der Waals surface area contributed by atoms with Crippen LogP contribution in [0, 0.1) is 0 Å². The summed E-state index contributed by atoms with van der Waals surface area (Å²) in [7, 11) is 0. The molecule has 4 nitrogen and oxygen atoms in total. The molecule has 4 aromatic rings. The molecule has 1 amide bonds. The minimum atomic E-state index is -4.16. The summed E-state index contributed by atoms with van der Waals surface area (Å²) in [5.41, 5.74) is 1.01. The summed E-state index contributed by atoms with van der Waals surface area (Å²) in [5.74, 6) is -0.672. The third-order valence-electron chi connectivity index (χ3n) is 6.55. The molecule has 0 aromatic heterocycles. The number of carbonyl (C=O) groups excluding carboxylic acids is 2. The number of nitrogens with one attached hydrogen (secondary N) is 1. The van der Waals surface area contributed by atoms with Crippen LogP contribution >= 0.6 is 0 Å². The molecule has 2 atom stereocenters. The fourth-order valence-corrected chi connectivity index (χ4v) is 21.3. The Morgan fingerprint density at radius 2 is 1.08 bits per heavy atom. The quantitative estimate of drug-likeness (QED) is 0.242. The summed E-state index contributed by atoms with van der Waals surface area (Å²) >= 11 is -4.16. The van der Waals surface area contributed by atoms with Crippen molar-refractivity contribution in [3.05, 3.63) is 127 Å². The van der Waals surface area contributed by atoms with Crippen LogP contribution in [0.1, 0.15) is 23.3 Å². The molecule has 4 aromatic carbocycles. The Kier molecular flexibility index (Phi) is 8.60. The van der Waals surface area contributed by atoms with Crippen molar-refractivity contribution in [2.75, 3.05) is 6.61 Å². The number of esters is 1. The molecule has 1 N–H and O–H groups in total. The fourth-order valence-electron chi connectivity index (χ4n) is 5.22. The van der Waals surface area contributed by atoms with Crippen LogP contribution in [0.15, 0.2) is 121 Å². The molecule has 0 bridgehead atoms. The second kappa shape index (κ2) is 12.0. The number of carbonyl (C=O) groups is 2. The standard InChI is InChI=1S/C13H16NO3.3C6H5.Sn/c1-3-17-13(16)12(14-10(2)15)9-11-7-5-4-6-8-11;3*1-2-4-6-5-3-1;/h4-9,12H,3H2,1-2H3,(H,14,15);3*1-5H;. The van der Waals surface area contributed by atoms with Crippen molar-refractivity contribution < 1.29 is 14.3 Å². The first kappa shape index (κ1) is 25.7. The molecular weight excluding hydrogens is 553 g/mol. The average Bonchev–Trinajstić information content (AvgIpc) is 2.92.